The summed E-state index contributed by atoms with van der Waals surface area (Å²) < 4.78 is 0. The van der Waals surface area contributed by atoms with Gasteiger partial charge < -0.3 is 21.1 Å². The lowest BCUT2D eigenvalue weighted by Crippen LogP contribution is -2.79. The fraction of sp³-hybridized carbons (Fsp3) is 0.850. The molecule has 6 aliphatic rings. The number of fused-ring (bicyclic) bond motifs is 2. The Balaban J connectivity index is 1.84. The molecule has 6 bridgehead atoms. The minimum Gasteiger partial charge on any atom is -0.391 e. The van der Waals surface area contributed by atoms with Crippen molar-refractivity contribution in [3.05, 3.63) is 12.2 Å². The molecule has 0 radical (unpaired) electrons. The minimum absolute atomic E-state index is 0.305. The van der Waals surface area contributed by atoms with Crippen molar-refractivity contribution in [3.63, 3.8) is 0 Å². The number of carbonyl (C=O) groups is 1. The summed E-state index contributed by atoms with van der Waals surface area (Å²) in [5.41, 5.74) is 3.95. The smallest absolute Gasteiger partial charge is 0.241 e. The van der Waals surface area contributed by atoms with E-state index in [0.717, 1.165) is 0 Å². The van der Waals surface area contributed by atoms with E-state index in [9.17, 15) is 20.1 Å². The summed E-state index contributed by atoms with van der Waals surface area (Å²) in [6, 6.07) is -0.375. The molecule has 7 nitrogen and oxygen atoms in total. The fourth-order valence-electron chi connectivity index (χ4n) is 8.17. The first-order chi connectivity index (χ1) is 12.5. The van der Waals surface area contributed by atoms with Crippen LogP contribution in [0, 0.1) is 34.0 Å². The van der Waals surface area contributed by atoms with E-state index < -0.39 is 63.9 Å². The van der Waals surface area contributed by atoms with Crippen molar-refractivity contribution in [2.75, 3.05) is 0 Å². The third-order valence-electron chi connectivity index (χ3n) is 8.89. The Bertz CT molecular complexity index is 753. The van der Waals surface area contributed by atoms with E-state index in [1.165, 1.54) is 0 Å². The van der Waals surface area contributed by atoms with E-state index >= 15 is 0 Å². The lowest BCUT2D eigenvalue weighted by atomic mass is 9.37. The molecule has 0 aromatic heterocycles. The Morgan fingerprint density at radius 2 is 1.85 bits per heavy atom. The van der Waals surface area contributed by atoms with Crippen molar-refractivity contribution in [1.29, 1.82) is 0 Å². The van der Waals surface area contributed by atoms with Crippen LogP contribution in [0.15, 0.2) is 12.2 Å². The highest BCUT2D eigenvalue weighted by Crippen LogP contribution is 2.75. The van der Waals surface area contributed by atoms with Crippen LogP contribution in [0.5, 0.6) is 0 Å². The molecule has 10 atom stereocenters. The van der Waals surface area contributed by atoms with Crippen molar-refractivity contribution in [2.24, 2.45) is 39.7 Å². The molecular formula is C20H29NO6. The van der Waals surface area contributed by atoms with E-state index in [4.69, 9.17) is 15.5 Å². The summed E-state index contributed by atoms with van der Waals surface area (Å²) >= 11 is 0. The molecule has 150 valence electrons. The largest absolute Gasteiger partial charge is 0.391 e. The number of nitrogens with two attached hydrogens (primary N) is 1. The molecule has 0 aromatic rings. The Morgan fingerprint density at radius 1 is 1.19 bits per heavy atom. The lowest BCUT2D eigenvalue weighted by Gasteiger charge is -2.67. The highest BCUT2D eigenvalue weighted by Gasteiger charge is 2.86. The minimum atomic E-state index is -2.34. The standard InChI is InChI=1S/C20H29NO6/c1-8-9-5-6-11-18(4)12-15(24)20(25,19(11,13(8)22)14(9)23)27-26-16(18)10(21)7-17(12,2)3/h9-12,14-16,23-25H,1,5-7,21H2,2-4H3/t9-,10-,11-,12+,14-,15-,16+,18-,19-,20+/m0/s1. The van der Waals surface area contributed by atoms with Gasteiger partial charge in [-0.25, -0.2) is 4.89 Å². The number of aliphatic hydroxyl groups excluding tert-OH is 2. The van der Waals surface area contributed by atoms with Gasteiger partial charge >= 0.3 is 0 Å². The number of hydrogen-bond acceptors (Lipinski definition) is 7. The molecule has 1 spiro atoms. The number of ketones is 1. The van der Waals surface area contributed by atoms with E-state index in [2.05, 4.69) is 6.58 Å². The molecule has 0 amide bonds. The number of aliphatic hydroxyl groups is 3. The van der Waals surface area contributed by atoms with Gasteiger partial charge in [0.2, 0.25) is 5.79 Å². The van der Waals surface area contributed by atoms with E-state index in [0.29, 0.717) is 24.8 Å². The number of carbonyl (C=O) groups excluding carboxylic acids is 1. The maximum absolute atomic E-state index is 13.5. The monoisotopic (exact) mass is 379 g/mol. The van der Waals surface area contributed by atoms with Crippen LogP contribution < -0.4 is 5.73 Å². The van der Waals surface area contributed by atoms with Gasteiger partial charge in [-0.15, -0.1) is 0 Å². The average Bonchev–Trinajstić information content (AvgIpc) is 2.68. The molecule has 7 heteroatoms. The van der Waals surface area contributed by atoms with Gasteiger partial charge in [-0.3, -0.25) is 4.79 Å². The number of rotatable bonds is 0. The Kier molecular flexibility index (Phi) is 3.26. The summed E-state index contributed by atoms with van der Waals surface area (Å²) in [5.74, 6) is -4.02. The van der Waals surface area contributed by atoms with Gasteiger partial charge in [0.25, 0.3) is 0 Å². The van der Waals surface area contributed by atoms with Gasteiger partial charge in [-0.2, -0.15) is 4.89 Å². The van der Waals surface area contributed by atoms with Gasteiger partial charge in [0, 0.05) is 23.3 Å². The highest BCUT2D eigenvalue weighted by atomic mass is 17.2. The van der Waals surface area contributed by atoms with Crippen molar-refractivity contribution >= 4 is 5.78 Å². The summed E-state index contributed by atoms with van der Waals surface area (Å²) in [7, 11) is 0. The fourth-order valence-corrected chi connectivity index (χ4v) is 8.17. The predicted octanol–water partition coefficient (Wildman–Crippen LogP) is 0.272. The van der Waals surface area contributed by atoms with E-state index in [1.807, 2.05) is 20.8 Å². The third-order valence-corrected chi connectivity index (χ3v) is 8.89. The molecular weight excluding hydrogens is 350 g/mol. The van der Waals surface area contributed by atoms with Gasteiger partial charge in [0.1, 0.15) is 17.6 Å². The second kappa shape index (κ2) is 4.83. The van der Waals surface area contributed by atoms with E-state index in [1.54, 1.807) is 0 Å². The first-order valence-electron chi connectivity index (χ1n) is 9.88. The molecule has 2 saturated heterocycles. The summed E-state index contributed by atoms with van der Waals surface area (Å²) in [6.45, 7) is 9.93. The summed E-state index contributed by atoms with van der Waals surface area (Å²) in [4.78, 5) is 24.7. The van der Waals surface area contributed by atoms with Gasteiger partial charge in [-0.05, 0) is 36.2 Å². The van der Waals surface area contributed by atoms with Crippen LogP contribution in [0.25, 0.3) is 0 Å². The number of hydrogen-bond donors (Lipinski definition) is 4. The molecule has 4 saturated carbocycles. The molecule has 2 heterocycles. The number of Topliss-reactive ketones (excluding diaryl/α,β-unsaturated/α-hetero) is 1. The Morgan fingerprint density at radius 3 is 2.52 bits per heavy atom. The summed E-state index contributed by atoms with van der Waals surface area (Å²) in [6.07, 6.45) is -1.34. The molecule has 0 unspecified atom stereocenters. The highest BCUT2D eigenvalue weighted by molar-refractivity contribution is 6.05. The van der Waals surface area contributed by atoms with Gasteiger partial charge in [-0.1, -0.05) is 27.4 Å². The quantitative estimate of drug-likeness (QED) is 0.352. The topological polar surface area (TPSA) is 122 Å². The Hall–Kier alpha value is -0.830. The second-order valence-corrected chi connectivity index (χ2v) is 10.3. The molecule has 2 aliphatic heterocycles. The summed E-state index contributed by atoms with van der Waals surface area (Å²) in [5, 5.41) is 34.4. The van der Waals surface area contributed by atoms with Crippen molar-refractivity contribution < 1.29 is 29.9 Å². The van der Waals surface area contributed by atoms with Gasteiger partial charge in [0.15, 0.2) is 5.78 Å². The van der Waals surface area contributed by atoms with Crippen molar-refractivity contribution in [3.8, 4) is 0 Å². The normalized spacial score (nSPS) is 60.9. The third kappa shape index (κ3) is 1.59. The van der Waals surface area contributed by atoms with Gasteiger partial charge in [0.05, 0.1) is 6.10 Å². The zero-order valence-corrected chi connectivity index (χ0v) is 16.0. The molecule has 6 fully saturated rings. The Labute approximate surface area is 158 Å². The SMILES string of the molecule is C=C1C(=O)[C@]23[C@@H](O)[C@H]1CC[C@H]2[C@]1(C)[C@@H]2OO[C@]3(O)[C@@H](O)[C@@H]1C(C)(C)C[C@@H]2N. The van der Waals surface area contributed by atoms with Crippen molar-refractivity contribution in [1.82, 2.24) is 0 Å². The maximum Gasteiger partial charge on any atom is 0.241 e. The van der Waals surface area contributed by atoms with Crippen LogP contribution in [0.3, 0.4) is 0 Å². The van der Waals surface area contributed by atoms with Crippen LogP contribution in [0.2, 0.25) is 0 Å². The zero-order valence-electron chi connectivity index (χ0n) is 16.0. The molecule has 27 heavy (non-hydrogen) atoms. The first kappa shape index (κ1) is 18.2. The molecule has 0 aromatic carbocycles. The van der Waals surface area contributed by atoms with Crippen LogP contribution in [0.1, 0.15) is 40.0 Å². The van der Waals surface area contributed by atoms with Crippen LogP contribution in [-0.2, 0) is 14.6 Å². The maximum atomic E-state index is 13.5. The lowest BCUT2D eigenvalue weighted by molar-refractivity contribution is -0.471. The van der Waals surface area contributed by atoms with Crippen LogP contribution >= 0.6 is 0 Å². The molecule has 4 aliphatic carbocycles. The zero-order chi connectivity index (χ0) is 19.7. The average molecular weight is 379 g/mol. The van der Waals surface area contributed by atoms with Crippen molar-refractivity contribution in [2.45, 2.75) is 70.2 Å². The predicted molar refractivity (Wildman–Crippen MR) is 93.7 cm³/mol. The molecule has 5 N–H and O–H groups in total. The van der Waals surface area contributed by atoms with Crippen LogP contribution in [0.4, 0.5) is 0 Å². The second-order valence-electron chi connectivity index (χ2n) is 10.3. The van der Waals surface area contributed by atoms with Crippen LogP contribution in [-0.4, -0.2) is 51.2 Å². The van der Waals surface area contributed by atoms with E-state index in [-0.39, 0.29) is 6.04 Å². The molecule has 6 rings (SSSR count). The first-order valence-corrected chi connectivity index (χ1v) is 9.88.